The summed E-state index contributed by atoms with van der Waals surface area (Å²) in [7, 11) is 3.66. The number of hydrogen-bond donors (Lipinski definition) is 2. The molecule has 0 bridgehead atoms. The first-order valence-electron chi connectivity index (χ1n) is 7.44. The van der Waals surface area contributed by atoms with Gasteiger partial charge in [0.1, 0.15) is 0 Å². The molecule has 4 nitrogen and oxygen atoms in total. The molecule has 0 fully saturated rings. The first-order chi connectivity index (χ1) is 11.0. The molecule has 0 unspecified atom stereocenters. The average molecular weight is 315 g/mol. The van der Waals surface area contributed by atoms with E-state index < -0.39 is 5.82 Å². The van der Waals surface area contributed by atoms with Crippen molar-refractivity contribution in [3.05, 3.63) is 65.0 Å². The van der Waals surface area contributed by atoms with Crippen molar-refractivity contribution in [2.45, 2.75) is 20.0 Å². The van der Waals surface area contributed by atoms with Crippen molar-refractivity contribution in [2.24, 2.45) is 4.99 Å². The van der Waals surface area contributed by atoms with Crippen LogP contribution in [0.5, 0.6) is 5.75 Å². The molecule has 0 radical (unpaired) electrons. The van der Waals surface area contributed by atoms with Crippen molar-refractivity contribution >= 4 is 5.96 Å². The Balaban J connectivity index is 1.96. The summed E-state index contributed by atoms with van der Waals surface area (Å²) in [5.74, 6) is -0.235. The average Bonchev–Trinajstić information content (AvgIpc) is 2.53. The molecular formula is C18H22FN3O. The summed E-state index contributed by atoms with van der Waals surface area (Å²) >= 11 is 0. The van der Waals surface area contributed by atoms with Crippen LogP contribution in [0.2, 0.25) is 0 Å². The molecule has 2 aromatic carbocycles. The van der Waals surface area contributed by atoms with Crippen molar-refractivity contribution in [3.63, 3.8) is 0 Å². The van der Waals surface area contributed by atoms with Crippen LogP contribution in [-0.4, -0.2) is 30.1 Å². The highest BCUT2D eigenvalue weighted by molar-refractivity contribution is 5.79. The molecule has 0 aliphatic heterocycles. The van der Waals surface area contributed by atoms with Crippen LogP contribution in [0.25, 0.3) is 0 Å². The molecule has 0 saturated carbocycles. The van der Waals surface area contributed by atoms with Gasteiger partial charge < -0.3 is 15.3 Å². The van der Waals surface area contributed by atoms with E-state index in [9.17, 15) is 9.50 Å². The van der Waals surface area contributed by atoms with Gasteiger partial charge in [-0.3, -0.25) is 4.99 Å². The monoisotopic (exact) mass is 315 g/mol. The van der Waals surface area contributed by atoms with Gasteiger partial charge >= 0.3 is 0 Å². The van der Waals surface area contributed by atoms with Gasteiger partial charge in [-0.1, -0.05) is 35.9 Å². The summed E-state index contributed by atoms with van der Waals surface area (Å²) in [5, 5.41) is 12.4. The lowest BCUT2D eigenvalue weighted by Gasteiger charge is -2.22. The third-order valence-corrected chi connectivity index (χ3v) is 3.58. The molecule has 0 amide bonds. The van der Waals surface area contributed by atoms with E-state index >= 15 is 0 Å². The van der Waals surface area contributed by atoms with E-state index in [-0.39, 0.29) is 5.75 Å². The Morgan fingerprint density at radius 1 is 1.17 bits per heavy atom. The number of nitrogens with one attached hydrogen (secondary N) is 1. The molecule has 0 aromatic heterocycles. The lowest BCUT2D eigenvalue weighted by Crippen LogP contribution is -2.38. The van der Waals surface area contributed by atoms with Crippen molar-refractivity contribution in [3.8, 4) is 5.75 Å². The van der Waals surface area contributed by atoms with Crippen LogP contribution in [0.3, 0.4) is 0 Å². The predicted molar refractivity (Wildman–Crippen MR) is 90.9 cm³/mol. The maximum absolute atomic E-state index is 13.3. The Morgan fingerprint density at radius 3 is 2.43 bits per heavy atom. The Labute approximate surface area is 136 Å². The fourth-order valence-electron chi connectivity index (χ4n) is 2.27. The maximum Gasteiger partial charge on any atom is 0.193 e. The smallest absolute Gasteiger partial charge is 0.193 e. The van der Waals surface area contributed by atoms with Gasteiger partial charge in [0.15, 0.2) is 17.5 Å². The van der Waals surface area contributed by atoms with Gasteiger partial charge in [0.2, 0.25) is 0 Å². The minimum atomic E-state index is -0.618. The number of benzene rings is 2. The third kappa shape index (κ3) is 4.71. The van der Waals surface area contributed by atoms with Gasteiger partial charge in [0.05, 0.1) is 0 Å². The Kier molecular flexibility index (Phi) is 5.57. The second kappa shape index (κ2) is 7.63. The van der Waals surface area contributed by atoms with Gasteiger partial charge in [-0.2, -0.15) is 0 Å². The number of aliphatic imine (C=N–C) groups is 1. The Bertz CT molecular complexity index is 683. The molecule has 0 spiro atoms. The summed E-state index contributed by atoms with van der Waals surface area (Å²) in [5.41, 5.74) is 3.16. The molecule has 122 valence electrons. The first kappa shape index (κ1) is 16.8. The van der Waals surface area contributed by atoms with Crippen LogP contribution < -0.4 is 5.32 Å². The highest BCUT2D eigenvalue weighted by Gasteiger charge is 2.07. The molecule has 23 heavy (non-hydrogen) atoms. The first-order valence-corrected chi connectivity index (χ1v) is 7.44. The molecule has 2 aromatic rings. The number of guanidine groups is 1. The highest BCUT2D eigenvalue weighted by Crippen LogP contribution is 2.16. The van der Waals surface area contributed by atoms with Gasteiger partial charge in [-0.15, -0.1) is 0 Å². The molecule has 0 saturated heterocycles. The summed E-state index contributed by atoms with van der Waals surface area (Å²) in [6.45, 7) is 3.22. The second-order valence-electron chi connectivity index (χ2n) is 5.53. The molecule has 2 rings (SSSR count). The zero-order valence-corrected chi connectivity index (χ0v) is 13.7. The quantitative estimate of drug-likeness (QED) is 0.673. The van der Waals surface area contributed by atoms with Crippen LogP contribution >= 0.6 is 0 Å². The summed E-state index contributed by atoms with van der Waals surface area (Å²) in [6, 6.07) is 12.7. The number of nitrogens with zero attached hydrogens (tertiary/aromatic N) is 2. The topological polar surface area (TPSA) is 47.9 Å². The van der Waals surface area contributed by atoms with Crippen molar-refractivity contribution < 1.29 is 9.50 Å². The molecule has 5 heteroatoms. The zero-order valence-electron chi connectivity index (χ0n) is 13.7. The van der Waals surface area contributed by atoms with E-state index in [4.69, 9.17) is 0 Å². The minimum absolute atomic E-state index is 0.338. The molecule has 0 aliphatic rings. The second-order valence-corrected chi connectivity index (χ2v) is 5.53. The number of halogens is 1. The number of rotatable bonds is 4. The van der Waals surface area contributed by atoms with E-state index in [1.165, 1.54) is 23.3 Å². The van der Waals surface area contributed by atoms with E-state index in [1.54, 1.807) is 13.1 Å². The highest BCUT2D eigenvalue weighted by atomic mass is 19.1. The van der Waals surface area contributed by atoms with E-state index in [1.807, 2.05) is 11.9 Å². The van der Waals surface area contributed by atoms with E-state index in [2.05, 4.69) is 41.5 Å². The Hall–Kier alpha value is -2.56. The molecule has 0 heterocycles. The fraction of sp³-hybridized carbons (Fsp3) is 0.278. The number of hydrogen-bond acceptors (Lipinski definition) is 2. The van der Waals surface area contributed by atoms with E-state index in [0.29, 0.717) is 6.54 Å². The lowest BCUT2D eigenvalue weighted by atomic mass is 10.1. The number of aromatic hydroxyl groups is 1. The fourth-order valence-corrected chi connectivity index (χ4v) is 2.27. The third-order valence-electron chi connectivity index (χ3n) is 3.58. The lowest BCUT2D eigenvalue weighted by molar-refractivity contribution is 0.431. The van der Waals surface area contributed by atoms with Gasteiger partial charge in [-0.25, -0.2) is 4.39 Å². The largest absolute Gasteiger partial charge is 0.505 e. The molecule has 0 atom stereocenters. The molecule has 2 N–H and O–H groups in total. The summed E-state index contributed by atoms with van der Waals surface area (Å²) in [4.78, 5) is 6.25. The van der Waals surface area contributed by atoms with Crippen molar-refractivity contribution in [2.75, 3.05) is 14.1 Å². The Morgan fingerprint density at radius 2 is 1.83 bits per heavy atom. The standard InChI is InChI=1S/C18H22FN3O/c1-13-4-6-14(7-5-13)12-22(3)18(20-2)21-11-15-8-9-17(23)16(19)10-15/h4-10,23H,11-12H2,1-3H3,(H,20,21). The van der Waals surface area contributed by atoms with Crippen LogP contribution in [0.15, 0.2) is 47.5 Å². The predicted octanol–water partition coefficient (Wildman–Crippen LogP) is 3.05. The van der Waals surface area contributed by atoms with Gasteiger partial charge in [0, 0.05) is 27.2 Å². The van der Waals surface area contributed by atoms with Gasteiger partial charge in [-0.05, 0) is 30.2 Å². The van der Waals surface area contributed by atoms with Crippen LogP contribution in [0, 0.1) is 12.7 Å². The number of aryl methyl sites for hydroxylation is 1. The van der Waals surface area contributed by atoms with Crippen LogP contribution in [0.4, 0.5) is 4.39 Å². The molecular weight excluding hydrogens is 293 g/mol. The zero-order chi connectivity index (χ0) is 16.8. The summed E-state index contributed by atoms with van der Waals surface area (Å²) < 4.78 is 13.3. The molecule has 0 aliphatic carbocycles. The normalized spacial score (nSPS) is 11.4. The van der Waals surface area contributed by atoms with Crippen molar-refractivity contribution in [1.29, 1.82) is 0 Å². The van der Waals surface area contributed by atoms with Crippen LogP contribution in [0.1, 0.15) is 16.7 Å². The van der Waals surface area contributed by atoms with Crippen molar-refractivity contribution in [1.82, 2.24) is 10.2 Å². The number of phenolic OH excluding ortho intramolecular Hbond substituents is 1. The number of phenols is 1. The summed E-state index contributed by atoms with van der Waals surface area (Å²) in [6.07, 6.45) is 0. The maximum atomic E-state index is 13.3. The SMILES string of the molecule is CN=C(NCc1ccc(O)c(F)c1)N(C)Cc1ccc(C)cc1. The minimum Gasteiger partial charge on any atom is -0.505 e. The van der Waals surface area contributed by atoms with Crippen LogP contribution in [-0.2, 0) is 13.1 Å². The van der Waals surface area contributed by atoms with Gasteiger partial charge in [0.25, 0.3) is 0 Å². The van der Waals surface area contributed by atoms with E-state index in [0.717, 1.165) is 18.1 Å².